The molecule has 1 atom stereocenters. The first-order valence-corrected chi connectivity index (χ1v) is 13.3. The molecule has 0 spiro atoms. The molecule has 3 aliphatic rings. The van der Waals surface area contributed by atoms with Crippen molar-refractivity contribution in [2.24, 2.45) is 5.92 Å². The summed E-state index contributed by atoms with van der Waals surface area (Å²) in [5.41, 5.74) is 0.135. The van der Waals surface area contributed by atoms with Gasteiger partial charge in [-0.05, 0) is 36.6 Å². The van der Waals surface area contributed by atoms with Crippen LogP contribution in [0, 0.1) is 17.2 Å². The van der Waals surface area contributed by atoms with Gasteiger partial charge in [0.2, 0.25) is 5.91 Å². The van der Waals surface area contributed by atoms with Crippen molar-refractivity contribution in [3.05, 3.63) is 24.3 Å². The van der Waals surface area contributed by atoms with Gasteiger partial charge in [-0.3, -0.25) is 4.79 Å². The van der Waals surface area contributed by atoms with Crippen molar-refractivity contribution in [3.63, 3.8) is 0 Å². The lowest BCUT2D eigenvalue weighted by atomic mass is 9.84. The van der Waals surface area contributed by atoms with Crippen molar-refractivity contribution >= 4 is 17.6 Å². The SMILES string of the molecule is COc1ccc(N2CCC(C#N)(NC(=O)C(CC3CCCCC3)NC(=O)N3CCOCC3)CC2)cc1. The largest absolute Gasteiger partial charge is 0.497 e. The number of urea groups is 1. The molecule has 2 saturated heterocycles. The Hall–Kier alpha value is -2.99. The van der Waals surface area contributed by atoms with Gasteiger partial charge in [-0.1, -0.05) is 32.1 Å². The summed E-state index contributed by atoms with van der Waals surface area (Å²) in [4.78, 5) is 30.4. The molecule has 0 aromatic heterocycles. The fraction of sp³-hybridized carbons (Fsp3) is 0.667. The van der Waals surface area contributed by atoms with Gasteiger partial charge >= 0.3 is 6.03 Å². The molecule has 0 radical (unpaired) electrons. The minimum Gasteiger partial charge on any atom is -0.497 e. The highest BCUT2D eigenvalue weighted by molar-refractivity contribution is 5.88. The van der Waals surface area contributed by atoms with Crippen LogP contribution in [0.1, 0.15) is 51.4 Å². The third kappa shape index (κ3) is 6.61. The maximum atomic E-state index is 13.5. The number of hydrogen-bond donors (Lipinski definition) is 2. The quantitative estimate of drug-likeness (QED) is 0.600. The topological polar surface area (TPSA) is 107 Å². The number of nitrogens with zero attached hydrogens (tertiary/aromatic N) is 3. The van der Waals surface area contributed by atoms with E-state index in [1.165, 1.54) is 19.3 Å². The first-order chi connectivity index (χ1) is 17.5. The molecule has 2 N–H and O–H groups in total. The van der Waals surface area contributed by atoms with Gasteiger partial charge in [0.25, 0.3) is 0 Å². The second-order valence-corrected chi connectivity index (χ2v) is 10.2. The van der Waals surface area contributed by atoms with Crippen LogP contribution in [0.4, 0.5) is 10.5 Å². The summed E-state index contributed by atoms with van der Waals surface area (Å²) in [5, 5.41) is 16.2. The van der Waals surface area contributed by atoms with Crippen LogP contribution in [0.5, 0.6) is 5.75 Å². The van der Waals surface area contributed by atoms with E-state index < -0.39 is 11.6 Å². The van der Waals surface area contributed by atoms with Gasteiger partial charge in [0.15, 0.2) is 0 Å². The number of carbonyl (C=O) groups is 2. The number of hydrogen-bond acceptors (Lipinski definition) is 6. The summed E-state index contributed by atoms with van der Waals surface area (Å²) in [6, 6.07) is 9.40. The summed E-state index contributed by atoms with van der Waals surface area (Å²) in [5.74, 6) is 0.966. The third-order valence-electron chi connectivity index (χ3n) is 7.84. The monoisotopic (exact) mass is 497 g/mol. The molecule has 9 heteroatoms. The van der Waals surface area contributed by atoms with Crippen molar-refractivity contribution in [1.82, 2.24) is 15.5 Å². The third-order valence-corrected chi connectivity index (χ3v) is 7.84. The predicted molar refractivity (Wildman–Crippen MR) is 137 cm³/mol. The Bertz CT molecular complexity index is 911. The fourth-order valence-electron chi connectivity index (χ4n) is 5.52. The maximum Gasteiger partial charge on any atom is 0.318 e. The number of benzene rings is 1. The van der Waals surface area contributed by atoms with Crippen LogP contribution in [0.2, 0.25) is 0 Å². The second-order valence-electron chi connectivity index (χ2n) is 10.2. The Balaban J connectivity index is 1.39. The molecule has 9 nitrogen and oxygen atoms in total. The average Bonchev–Trinajstić information content (AvgIpc) is 2.94. The summed E-state index contributed by atoms with van der Waals surface area (Å²) in [6.07, 6.45) is 7.38. The lowest BCUT2D eigenvalue weighted by molar-refractivity contribution is -0.125. The lowest BCUT2D eigenvalue weighted by Gasteiger charge is -2.40. The number of rotatable bonds is 7. The number of nitrogens with one attached hydrogen (secondary N) is 2. The molecule has 36 heavy (non-hydrogen) atoms. The van der Waals surface area contributed by atoms with Crippen molar-refractivity contribution in [1.29, 1.82) is 5.26 Å². The number of amides is 3. The van der Waals surface area contributed by atoms with Crippen molar-refractivity contribution < 1.29 is 19.1 Å². The Labute approximate surface area is 214 Å². The summed E-state index contributed by atoms with van der Waals surface area (Å²) in [6.45, 7) is 3.38. The van der Waals surface area contributed by atoms with E-state index in [1.807, 2.05) is 24.3 Å². The zero-order chi connectivity index (χ0) is 25.4. The van der Waals surface area contributed by atoms with E-state index in [0.717, 1.165) is 24.3 Å². The molecule has 1 aliphatic carbocycles. The predicted octanol–water partition coefficient (Wildman–Crippen LogP) is 3.05. The van der Waals surface area contributed by atoms with Crippen molar-refractivity contribution in [2.45, 2.75) is 62.9 Å². The molecule has 3 fully saturated rings. The highest BCUT2D eigenvalue weighted by atomic mass is 16.5. The minimum absolute atomic E-state index is 0.227. The number of methoxy groups -OCH3 is 1. The van der Waals surface area contributed by atoms with E-state index in [2.05, 4.69) is 21.6 Å². The number of nitriles is 1. The lowest BCUT2D eigenvalue weighted by Crippen LogP contribution is -2.60. The van der Waals surface area contributed by atoms with Gasteiger partial charge < -0.3 is 29.9 Å². The van der Waals surface area contributed by atoms with Gasteiger partial charge in [0.1, 0.15) is 17.3 Å². The zero-order valence-corrected chi connectivity index (χ0v) is 21.3. The summed E-state index contributed by atoms with van der Waals surface area (Å²) >= 11 is 0. The Morgan fingerprint density at radius 2 is 1.78 bits per heavy atom. The van der Waals surface area contributed by atoms with Gasteiger partial charge in [-0.15, -0.1) is 0 Å². The molecule has 4 rings (SSSR count). The van der Waals surface area contributed by atoms with Crippen LogP contribution in [-0.2, 0) is 9.53 Å². The van der Waals surface area contributed by atoms with Gasteiger partial charge in [-0.25, -0.2) is 4.79 Å². The number of piperidine rings is 1. The molecule has 1 aromatic rings. The van der Waals surface area contributed by atoms with Gasteiger partial charge in [-0.2, -0.15) is 5.26 Å². The van der Waals surface area contributed by atoms with Crippen LogP contribution < -0.4 is 20.3 Å². The highest BCUT2D eigenvalue weighted by Crippen LogP contribution is 2.30. The first kappa shape index (κ1) is 26.1. The summed E-state index contributed by atoms with van der Waals surface area (Å²) < 4.78 is 10.6. The van der Waals surface area contributed by atoms with Crippen LogP contribution in [0.15, 0.2) is 24.3 Å². The number of morpholine rings is 1. The molecule has 1 aromatic carbocycles. The maximum absolute atomic E-state index is 13.5. The molecule has 2 aliphatic heterocycles. The molecular weight excluding hydrogens is 458 g/mol. The molecule has 2 heterocycles. The van der Waals surface area contributed by atoms with E-state index in [4.69, 9.17) is 9.47 Å². The molecule has 0 bridgehead atoms. The second kappa shape index (κ2) is 12.3. The van der Waals surface area contributed by atoms with Gasteiger partial charge in [0, 0.05) is 44.7 Å². The summed E-state index contributed by atoms with van der Waals surface area (Å²) in [7, 11) is 1.64. The van der Waals surface area contributed by atoms with Crippen LogP contribution in [0.25, 0.3) is 0 Å². The molecule has 1 unspecified atom stereocenters. The zero-order valence-electron chi connectivity index (χ0n) is 21.3. The normalized spacial score (nSPS) is 21.2. The number of anilines is 1. The molecule has 3 amide bonds. The Kier molecular flexibility index (Phi) is 8.92. The highest BCUT2D eigenvalue weighted by Gasteiger charge is 2.39. The first-order valence-electron chi connectivity index (χ1n) is 13.3. The van der Waals surface area contributed by atoms with Crippen molar-refractivity contribution in [2.75, 3.05) is 51.4 Å². The number of carbonyl (C=O) groups excluding carboxylic acids is 2. The van der Waals surface area contributed by atoms with Gasteiger partial charge in [0.05, 0.1) is 26.4 Å². The smallest absolute Gasteiger partial charge is 0.318 e. The van der Waals surface area contributed by atoms with Crippen LogP contribution >= 0.6 is 0 Å². The van der Waals surface area contributed by atoms with E-state index in [-0.39, 0.29) is 11.9 Å². The molecular formula is C27H39N5O4. The Morgan fingerprint density at radius 3 is 2.39 bits per heavy atom. The molecule has 196 valence electrons. The van der Waals surface area contributed by atoms with E-state index >= 15 is 0 Å². The van der Waals surface area contributed by atoms with E-state index in [1.54, 1.807) is 12.0 Å². The molecule has 1 saturated carbocycles. The standard InChI is InChI=1S/C27H39N5O4/c1-35-23-9-7-22(8-10-23)31-13-11-27(20-28,12-14-31)30-25(33)24(19-21-5-3-2-4-6-21)29-26(34)32-15-17-36-18-16-32/h7-10,21,24H,2-6,11-19H2,1H3,(H,29,34)(H,30,33). The van der Waals surface area contributed by atoms with E-state index in [9.17, 15) is 14.9 Å². The Morgan fingerprint density at radius 1 is 1.11 bits per heavy atom. The number of ether oxygens (including phenoxy) is 2. The average molecular weight is 498 g/mol. The minimum atomic E-state index is -0.936. The van der Waals surface area contributed by atoms with Crippen LogP contribution in [-0.4, -0.2) is 74.9 Å². The van der Waals surface area contributed by atoms with Crippen molar-refractivity contribution in [3.8, 4) is 11.8 Å². The van der Waals surface area contributed by atoms with Crippen LogP contribution in [0.3, 0.4) is 0 Å². The van der Waals surface area contributed by atoms with E-state index in [0.29, 0.717) is 64.6 Å². The fourth-order valence-corrected chi connectivity index (χ4v) is 5.52.